The van der Waals surface area contributed by atoms with Crippen molar-refractivity contribution in [1.82, 2.24) is 10.2 Å². The molecule has 0 aliphatic rings. The Hall–Kier alpha value is -1.78. The van der Waals surface area contributed by atoms with Crippen LogP contribution in [0.2, 0.25) is 0 Å². The van der Waals surface area contributed by atoms with E-state index in [0.717, 1.165) is 25.0 Å². The summed E-state index contributed by atoms with van der Waals surface area (Å²) < 4.78 is 5.46. The molecule has 0 aliphatic carbocycles. The van der Waals surface area contributed by atoms with Gasteiger partial charge in [0.1, 0.15) is 11.5 Å². The zero-order valence-electron chi connectivity index (χ0n) is 15.1. The van der Waals surface area contributed by atoms with Crippen molar-refractivity contribution in [1.29, 1.82) is 0 Å². The van der Waals surface area contributed by atoms with Crippen LogP contribution in [-0.2, 0) is 4.79 Å². The SMILES string of the molecule is CCCCN(CCC(=O)NC(C)CC)C(=O)c1cc(C)oc1C. The van der Waals surface area contributed by atoms with Crippen molar-refractivity contribution >= 4 is 11.8 Å². The molecule has 2 amide bonds. The molecule has 1 unspecified atom stereocenters. The Bertz CT molecular complexity index is 522. The first-order valence-electron chi connectivity index (χ1n) is 8.54. The molecular weight excluding hydrogens is 292 g/mol. The number of nitrogens with zero attached hydrogens (tertiary/aromatic N) is 1. The van der Waals surface area contributed by atoms with E-state index in [-0.39, 0.29) is 17.9 Å². The number of rotatable bonds is 9. The molecule has 5 heteroatoms. The molecular formula is C18H30N2O3. The Morgan fingerprint density at radius 3 is 2.48 bits per heavy atom. The number of amides is 2. The van der Waals surface area contributed by atoms with Crippen molar-refractivity contribution in [3.63, 3.8) is 0 Å². The Kier molecular flexibility index (Phi) is 7.86. The van der Waals surface area contributed by atoms with Gasteiger partial charge < -0.3 is 14.6 Å². The van der Waals surface area contributed by atoms with Gasteiger partial charge in [-0.05, 0) is 39.7 Å². The standard InChI is InChI=1S/C18H30N2O3/c1-6-8-10-20(11-9-17(21)19-13(3)7-2)18(22)16-12-14(4)23-15(16)5/h12-13H,6-11H2,1-5H3,(H,19,21). The van der Waals surface area contributed by atoms with Crippen molar-refractivity contribution in [2.75, 3.05) is 13.1 Å². The Morgan fingerprint density at radius 2 is 1.96 bits per heavy atom. The van der Waals surface area contributed by atoms with Gasteiger partial charge in [-0.2, -0.15) is 0 Å². The summed E-state index contributed by atoms with van der Waals surface area (Å²) in [5.74, 6) is 1.31. The monoisotopic (exact) mass is 322 g/mol. The largest absolute Gasteiger partial charge is 0.466 e. The first-order chi connectivity index (χ1) is 10.9. The maximum absolute atomic E-state index is 12.7. The van der Waals surface area contributed by atoms with Crippen LogP contribution < -0.4 is 5.32 Å². The van der Waals surface area contributed by atoms with Crippen LogP contribution in [-0.4, -0.2) is 35.8 Å². The van der Waals surface area contributed by atoms with Gasteiger partial charge in [0.15, 0.2) is 0 Å². The average molecular weight is 322 g/mol. The first-order valence-corrected chi connectivity index (χ1v) is 8.54. The second-order valence-corrected chi connectivity index (χ2v) is 6.10. The molecule has 5 nitrogen and oxygen atoms in total. The highest BCUT2D eigenvalue weighted by molar-refractivity contribution is 5.95. The highest BCUT2D eigenvalue weighted by Crippen LogP contribution is 2.16. The third kappa shape index (κ3) is 6.08. The van der Waals surface area contributed by atoms with Gasteiger partial charge in [-0.15, -0.1) is 0 Å². The van der Waals surface area contributed by atoms with E-state index in [0.29, 0.717) is 30.8 Å². The number of hydrogen-bond acceptors (Lipinski definition) is 3. The van der Waals surface area contributed by atoms with E-state index in [1.807, 2.05) is 20.8 Å². The number of nitrogens with one attached hydrogen (secondary N) is 1. The van der Waals surface area contributed by atoms with Gasteiger partial charge in [0, 0.05) is 25.6 Å². The van der Waals surface area contributed by atoms with Gasteiger partial charge in [-0.25, -0.2) is 0 Å². The fourth-order valence-corrected chi connectivity index (χ4v) is 2.36. The molecule has 1 aromatic heterocycles. The molecule has 0 fully saturated rings. The third-order valence-corrected chi connectivity index (χ3v) is 3.97. The third-order valence-electron chi connectivity index (χ3n) is 3.97. The smallest absolute Gasteiger partial charge is 0.257 e. The van der Waals surface area contributed by atoms with Gasteiger partial charge in [-0.3, -0.25) is 9.59 Å². The molecule has 0 aromatic carbocycles. The molecule has 0 radical (unpaired) electrons. The lowest BCUT2D eigenvalue weighted by molar-refractivity contribution is -0.121. The van der Waals surface area contributed by atoms with E-state index in [2.05, 4.69) is 12.2 Å². The molecule has 1 heterocycles. The fraction of sp³-hybridized carbons (Fsp3) is 0.667. The topological polar surface area (TPSA) is 62.6 Å². The van der Waals surface area contributed by atoms with Gasteiger partial charge in [-0.1, -0.05) is 20.3 Å². The van der Waals surface area contributed by atoms with E-state index < -0.39 is 0 Å². The van der Waals surface area contributed by atoms with Gasteiger partial charge in [0.05, 0.1) is 5.56 Å². The molecule has 0 saturated heterocycles. The van der Waals surface area contributed by atoms with Crippen LogP contribution in [0.3, 0.4) is 0 Å². The molecule has 0 aliphatic heterocycles. The maximum atomic E-state index is 12.7. The van der Waals surface area contributed by atoms with Gasteiger partial charge >= 0.3 is 0 Å². The van der Waals surface area contributed by atoms with E-state index in [4.69, 9.17) is 4.42 Å². The van der Waals surface area contributed by atoms with Crippen molar-refractivity contribution in [2.45, 2.75) is 66.3 Å². The fourth-order valence-electron chi connectivity index (χ4n) is 2.36. The van der Waals surface area contributed by atoms with Crippen molar-refractivity contribution in [3.05, 3.63) is 23.2 Å². The van der Waals surface area contributed by atoms with Crippen LogP contribution >= 0.6 is 0 Å². The predicted octanol–water partition coefficient (Wildman–Crippen LogP) is 3.44. The van der Waals surface area contributed by atoms with Crippen LogP contribution in [0, 0.1) is 13.8 Å². The summed E-state index contributed by atoms with van der Waals surface area (Å²) in [6.45, 7) is 10.8. The highest BCUT2D eigenvalue weighted by atomic mass is 16.3. The van der Waals surface area contributed by atoms with Crippen molar-refractivity contribution < 1.29 is 14.0 Å². The number of carbonyl (C=O) groups excluding carboxylic acids is 2. The summed E-state index contributed by atoms with van der Waals surface area (Å²) >= 11 is 0. The minimum Gasteiger partial charge on any atom is -0.466 e. The number of furan rings is 1. The number of aryl methyl sites for hydroxylation is 2. The Labute approximate surface area is 139 Å². The Balaban J connectivity index is 2.70. The number of hydrogen-bond donors (Lipinski definition) is 1. The summed E-state index contributed by atoms with van der Waals surface area (Å²) in [5.41, 5.74) is 0.598. The second kappa shape index (κ2) is 9.38. The first kappa shape index (κ1) is 19.3. The summed E-state index contributed by atoms with van der Waals surface area (Å²) in [4.78, 5) is 26.4. The van der Waals surface area contributed by atoms with Gasteiger partial charge in [0.25, 0.3) is 5.91 Å². The zero-order valence-corrected chi connectivity index (χ0v) is 15.1. The van der Waals surface area contributed by atoms with Gasteiger partial charge in [0.2, 0.25) is 5.91 Å². The minimum absolute atomic E-state index is 0.00579. The predicted molar refractivity (Wildman–Crippen MR) is 91.5 cm³/mol. The lowest BCUT2D eigenvalue weighted by Gasteiger charge is -2.22. The van der Waals surface area contributed by atoms with Crippen LogP contribution in [0.5, 0.6) is 0 Å². The van der Waals surface area contributed by atoms with E-state index >= 15 is 0 Å². The van der Waals surface area contributed by atoms with Crippen LogP contribution in [0.1, 0.15) is 68.3 Å². The molecule has 0 saturated carbocycles. The van der Waals surface area contributed by atoms with E-state index in [9.17, 15) is 9.59 Å². The van der Waals surface area contributed by atoms with Crippen molar-refractivity contribution in [3.8, 4) is 0 Å². The quantitative estimate of drug-likeness (QED) is 0.757. The van der Waals surface area contributed by atoms with Crippen molar-refractivity contribution in [2.24, 2.45) is 0 Å². The van der Waals surface area contributed by atoms with E-state index in [1.165, 1.54) is 0 Å². The lowest BCUT2D eigenvalue weighted by Crippen LogP contribution is -2.38. The minimum atomic E-state index is -0.0517. The summed E-state index contributed by atoms with van der Waals surface area (Å²) in [6.07, 6.45) is 3.16. The molecule has 1 aromatic rings. The summed E-state index contributed by atoms with van der Waals surface area (Å²) in [6, 6.07) is 1.94. The number of carbonyl (C=O) groups is 2. The molecule has 0 bridgehead atoms. The molecule has 1 N–H and O–H groups in total. The number of unbranched alkanes of at least 4 members (excludes halogenated alkanes) is 1. The molecule has 130 valence electrons. The van der Waals surface area contributed by atoms with E-state index in [1.54, 1.807) is 17.9 Å². The summed E-state index contributed by atoms with van der Waals surface area (Å²) in [5, 5.41) is 2.94. The second-order valence-electron chi connectivity index (χ2n) is 6.10. The Morgan fingerprint density at radius 1 is 1.26 bits per heavy atom. The maximum Gasteiger partial charge on any atom is 0.257 e. The average Bonchev–Trinajstić information content (AvgIpc) is 2.85. The normalized spacial score (nSPS) is 12.0. The molecule has 0 spiro atoms. The highest BCUT2D eigenvalue weighted by Gasteiger charge is 2.21. The van der Waals surface area contributed by atoms with Crippen LogP contribution in [0.15, 0.2) is 10.5 Å². The zero-order chi connectivity index (χ0) is 17.4. The molecule has 1 atom stereocenters. The summed E-state index contributed by atoms with van der Waals surface area (Å²) in [7, 11) is 0. The van der Waals surface area contributed by atoms with Crippen LogP contribution in [0.25, 0.3) is 0 Å². The van der Waals surface area contributed by atoms with Crippen LogP contribution in [0.4, 0.5) is 0 Å². The lowest BCUT2D eigenvalue weighted by atomic mass is 10.2. The molecule has 23 heavy (non-hydrogen) atoms. The molecule has 1 rings (SSSR count).